The Balaban J connectivity index is 1.68. The van der Waals surface area contributed by atoms with Gasteiger partial charge >= 0.3 is 0 Å². The van der Waals surface area contributed by atoms with Crippen molar-refractivity contribution in [2.75, 3.05) is 11.1 Å². The lowest BCUT2D eigenvalue weighted by atomic mass is 10.0. The number of carbonyl (C=O) groups is 2. The van der Waals surface area contributed by atoms with E-state index in [2.05, 4.69) is 20.8 Å². The molecule has 3 rings (SSSR count). The summed E-state index contributed by atoms with van der Waals surface area (Å²) in [5.41, 5.74) is 0.890. The van der Waals surface area contributed by atoms with E-state index < -0.39 is 6.04 Å². The smallest absolute Gasteiger partial charge is 0.251 e. The molecule has 2 N–H and O–H groups in total. The lowest BCUT2D eigenvalue weighted by molar-refractivity contribution is -0.113. The number of amides is 2. The van der Waals surface area contributed by atoms with E-state index in [1.807, 2.05) is 13.8 Å². The Hall–Kier alpha value is -1.97. The zero-order chi connectivity index (χ0) is 25.0. The second kappa shape index (κ2) is 11.6. The largest absolute Gasteiger partial charge is 0.342 e. The molecule has 0 unspecified atom stereocenters. The standard InChI is InChI=1S/C22H21Cl4N5O2S/c1-11(2)19(28-21(33)12-4-5-16(25)17(26)6-12)20-29-30-22(31(20)3)34-10-18(32)27-15-8-13(23)7-14(24)9-15/h4-9,11,19H,10H2,1-3H3,(H,27,32)(H,28,33)/t19-/m1/s1. The quantitative estimate of drug-likeness (QED) is 0.316. The Labute approximate surface area is 221 Å². The Morgan fingerprint density at radius 3 is 2.29 bits per heavy atom. The zero-order valence-corrected chi connectivity index (χ0v) is 22.2. The van der Waals surface area contributed by atoms with Crippen LogP contribution in [-0.2, 0) is 11.8 Å². The minimum absolute atomic E-state index is 0.0170. The molecule has 0 spiro atoms. The molecule has 1 atom stereocenters. The molecule has 3 aromatic rings. The fourth-order valence-corrected chi connectivity index (χ4v) is 4.61. The summed E-state index contributed by atoms with van der Waals surface area (Å²) in [5, 5.41) is 16.2. The first-order valence-electron chi connectivity index (χ1n) is 10.1. The van der Waals surface area contributed by atoms with Crippen LogP contribution in [0.1, 0.15) is 36.1 Å². The van der Waals surface area contributed by atoms with Crippen LogP contribution in [0.4, 0.5) is 5.69 Å². The maximum Gasteiger partial charge on any atom is 0.251 e. The van der Waals surface area contributed by atoms with Gasteiger partial charge in [0, 0.05) is 28.3 Å². The first-order chi connectivity index (χ1) is 16.0. The highest BCUT2D eigenvalue weighted by Gasteiger charge is 2.25. The van der Waals surface area contributed by atoms with Crippen molar-refractivity contribution in [2.24, 2.45) is 13.0 Å². The van der Waals surface area contributed by atoms with Gasteiger partial charge in [0.15, 0.2) is 11.0 Å². The summed E-state index contributed by atoms with van der Waals surface area (Å²) in [6, 6.07) is 9.07. The van der Waals surface area contributed by atoms with Gasteiger partial charge < -0.3 is 15.2 Å². The summed E-state index contributed by atoms with van der Waals surface area (Å²) in [6.45, 7) is 3.93. The van der Waals surface area contributed by atoms with Crippen molar-refractivity contribution in [3.8, 4) is 0 Å². The van der Waals surface area contributed by atoms with Gasteiger partial charge in [-0.1, -0.05) is 72.0 Å². The highest BCUT2D eigenvalue weighted by Crippen LogP contribution is 2.27. The van der Waals surface area contributed by atoms with Crippen molar-refractivity contribution < 1.29 is 9.59 Å². The molecule has 0 saturated heterocycles. The van der Waals surface area contributed by atoms with Gasteiger partial charge in [-0.3, -0.25) is 9.59 Å². The average molecular weight is 561 g/mol. The fraction of sp³-hybridized carbons (Fsp3) is 0.273. The van der Waals surface area contributed by atoms with E-state index in [0.717, 1.165) is 0 Å². The first-order valence-corrected chi connectivity index (χ1v) is 12.6. The van der Waals surface area contributed by atoms with Crippen molar-refractivity contribution in [3.63, 3.8) is 0 Å². The van der Waals surface area contributed by atoms with Crippen molar-refractivity contribution in [1.29, 1.82) is 0 Å². The normalized spacial score (nSPS) is 12.0. The molecule has 0 radical (unpaired) electrons. The fourth-order valence-electron chi connectivity index (χ4n) is 3.07. The molecule has 1 heterocycles. The molecule has 34 heavy (non-hydrogen) atoms. The van der Waals surface area contributed by atoms with Gasteiger partial charge in [-0.15, -0.1) is 10.2 Å². The third-order valence-electron chi connectivity index (χ3n) is 4.76. The van der Waals surface area contributed by atoms with Crippen LogP contribution in [0.15, 0.2) is 41.6 Å². The van der Waals surface area contributed by atoms with E-state index in [0.29, 0.717) is 42.3 Å². The number of carbonyl (C=O) groups excluding carboxylic acids is 2. The van der Waals surface area contributed by atoms with Crippen molar-refractivity contribution in [1.82, 2.24) is 20.1 Å². The van der Waals surface area contributed by atoms with E-state index in [1.54, 1.807) is 41.9 Å². The molecule has 1 aromatic heterocycles. The van der Waals surface area contributed by atoms with E-state index in [-0.39, 0.29) is 23.5 Å². The van der Waals surface area contributed by atoms with Crippen molar-refractivity contribution in [3.05, 3.63) is 67.9 Å². The molecule has 7 nitrogen and oxygen atoms in total. The van der Waals surface area contributed by atoms with Crippen LogP contribution in [-0.4, -0.2) is 32.3 Å². The second-order valence-electron chi connectivity index (χ2n) is 7.72. The number of hydrogen-bond donors (Lipinski definition) is 2. The van der Waals surface area contributed by atoms with E-state index >= 15 is 0 Å². The minimum Gasteiger partial charge on any atom is -0.342 e. The number of thioether (sulfide) groups is 1. The van der Waals surface area contributed by atoms with Crippen molar-refractivity contribution in [2.45, 2.75) is 25.0 Å². The molecule has 0 aliphatic heterocycles. The zero-order valence-electron chi connectivity index (χ0n) is 18.4. The SMILES string of the molecule is CC(C)[C@@H](NC(=O)c1ccc(Cl)c(Cl)c1)c1nnc(SCC(=O)Nc2cc(Cl)cc(Cl)c2)n1C. The number of anilines is 1. The van der Waals surface area contributed by atoms with Gasteiger partial charge in [0.1, 0.15) is 0 Å². The van der Waals surface area contributed by atoms with Gasteiger partial charge in [-0.2, -0.15) is 0 Å². The lowest BCUT2D eigenvalue weighted by Crippen LogP contribution is -2.33. The third kappa shape index (κ3) is 6.79. The number of halogens is 4. The number of nitrogens with zero attached hydrogens (tertiary/aromatic N) is 3. The Morgan fingerprint density at radius 1 is 1.00 bits per heavy atom. The summed E-state index contributed by atoms with van der Waals surface area (Å²) in [4.78, 5) is 25.2. The van der Waals surface area contributed by atoms with E-state index in [1.165, 1.54) is 17.8 Å². The van der Waals surface area contributed by atoms with Crippen LogP contribution in [0, 0.1) is 5.92 Å². The molecular formula is C22H21Cl4N5O2S. The summed E-state index contributed by atoms with van der Waals surface area (Å²) in [7, 11) is 1.78. The van der Waals surface area contributed by atoms with Crippen LogP contribution in [0.5, 0.6) is 0 Å². The topological polar surface area (TPSA) is 88.9 Å². The number of rotatable bonds is 8. The molecule has 0 aliphatic rings. The van der Waals surface area contributed by atoms with Crippen LogP contribution >= 0.6 is 58.2 Å². The minimum atomic E-state index is -0.420. The number of benzene rings is 2. The van der Waals surface area contributed by atoms with Crippen LogP contribution in [0.2, 0.25) is 20.1 Å². The first kappa shape index (κ1) is 26.6. The molecule has 12 heteroatoms. The number of aromatic nitrogens is 3. The van der Waals surface area contributed by atoms with Gasteiger partial charge in [-0.05, 0) is 42.3 Å². The molecule has 0 aliphatic carbocycles. The summed E-state index contributed by atoms with van der Waals surface area (Å²) >= 11 is 25.1. The van der Waals surface area contributed by atoms with Gasteiger partial charge in [-0.25, -0.2) is 0 Å². The van der Waals surface area contributed by atoms with Crippen LogP contribution < -0.4 is 10.6 Å². The molecule has 2 amide bonds. The van der Waals surface area contributed by atoms with Gasteiger partial charge in [0.05, 0.1) is 21.8 Å². The lowest BCUT2D eigenvalue weighted by Gasteiger charge is -2.22. The highest BCUT2D eigenvalue weighted by molar-refractivity contribution is 7.99. The monoisotopic (exact) mass is 559 g/mol. The number of hydrogen-bond acceptors (Lipinski definition) is 5. The Kier molecular flexibility index (Phi) is 9.12. The molecule has 0 saturated carbocycles. The molecule has 0 bridgehead atoms. The molecule has 180 valence electrons. The van der Waals surface area contributed by atoms with Crippen LogP contribution in [0.3, 0.4) is 0 Å². The summed E-state index contributed by atoms with van der Waals surface area (Å²) in [5.74, 6) is 0.115. The Bertz CT molecular complexity index is 1200. The third-order valence-corrected chi connectivity index (χ3v) is 6.96. The molecule has 0 fully saturated rings. The summed E-state index contributed by atoms with van der Waals surface area (Å²) < 4.78 is 1.76. The maximum atomic E-state index is 12.8. The van der Waals surface area contributed by atoms with Crippen molar-refractivity contribution >= 4 is 75.7 Å². The van der Waals surface area contributed by atoms with Gasteiger partial charge in [0.25, 0.3) is 5.91 Å². The Morgan fingerprint density at radius 2 is 1.68 bits per heavy atom. The molecule has 2 aromatic carbocycles. The number of nitrogens with one attached hydrogen (secondary N) is 2. The van der Waals surface area contributed by atoms with Crippen LogP contribution in [0.25, 0.3) is 0 Å². The average Bonchev–Trinajstić information content (AvgIpc) is 3.11. The van der Waals surface area contributed by atoms with Gasteiger partial charge in [0.2, 0.25) is 5.91 Å². The molecular weight excluding hydrogens is 540 g/mol. The predicted molar refractivity (Wildman–Crippen MR) is 138 cm³/mol. The maximum absolute atomic E-state index is 12.8. The predicted octanol–water partition coefficient (Wildman–Crippen LogP) is 6.29. The van der Waals surface area contributed by atoms with E-state index in [4.69, 9.17) is 46.4 Å². The highest BCUT2D eigenvalue weighted by atomic mass is 35.5. The second-order valence-corrected chi connectivity index (χ2v) is 10.3. The van der Waals surface area contributed by atoms with E-state index in [9.17, 15) is 9.59 Å². The summed E-state index contributed by atoms with van der Waals surface area (Å²) in [6.07, 6.45) is 0.